The van der Waals surface area contributed by atoms with Crippen molar-refractivity contribution >= 4 is 29.0 Å². The van der Waals surface area contributed by atoms with Crippen LogP contribution < -0.4 is 10.2 Å². The molecule has 2 aromatic carbocycles. The van der Waals surface area contributed by atoms with E-state index >= 15 is 0 Å². The van der Waals surface area contributed by atoms with Gasteiger partial charge in [0.15, 0.2) is 0 Å². The number of anilines is 2. The third kappa shape index (κ3) is 4.23. The molecule has 3 rings (SSSR count). The second-order valence-electron chi connectivity index (χ2n) is 5.89. The molecule has 6 nitrogen and oxygen atoms in total. The Bertz CT molecular complexity index is 811. The smallest absolute Gasteiger partial charge is 0.270 e. The number of rotatable bonds is 5. The van der Waals surface area contributed by atoms with E-state index in [-0.39, 0.29) is 11.6 Å². The number of hydrogen-bond acceptors (Lipinski definition) is 4. The number of benzene rings is 2. The Balaban J connectivity index is 1.71. The molecule has 25 heavy (non-hydrogen) atoms. The van der Waals surface area contributed by atoms with Crippen LogP contribution in [-0.2, 0) is 4.79 Å². The van der Waals surface area contributed by atoms with Gasteiger partial charge in [-0.05, 0) is 36.6 Å². The molecular weight excluding hydrogens is 318 g/mol. The van der Waals surface area contributed by atoms with E-state index in [1.165, 1.54) is 18.2 Å². The van der Waals surface area contributed by atoms with Crippen LogP contribution in [0, 0.1) is 10.1 Å². The number of nitrogens with zero attached hydrogens (tertiary/aromatic N) is 2. The fraction of sp³-hybridized carbons (Fsp3) is 0.211. The van der Waals surface area contributed by atoms with Gasteiger partial charge in [-0.25, -0.2) is 0 Å². The van der Waals surface area contributed by atoms with Crippen molar-refractivity contribution in [2.45, 2.75) is 12.8 Å². The Morgan fingerprint density at radius 1 is 1.12 bits per heavy atom. The lowest BCUT2D eigenvalue weighted by molar-refractivity contribution is -0.384. The van der Waals surface area contributed by atoms with Crippen LogP contribution in [0.4, 0.5) is 17.1 Å². The number of amides is 1. The van der Waals surface area contributed by atoms with Gasteiger partial charge in [-0.1, -0.05) is 24.3 Å². The summed E-state index contributed by atoms with van der Waals surface area (Å²) in [7, 11) is 0. The molecule has 0 spiro atoms. The third-order valence-electron chi connectivity index (χ3n) is 4.12. The highest BCUT2D eigenvalue weighted by molar-refractivity contribution is 6.03. The van der Waals surface area contributed by atoms with E-state index in [4.69, 9.17) is 0 Å². The van der Waals surface area contributed by atoms with Crippen LogP contribution in [-0.4, -0.2) is 23.9 Å². The number of nitro benzene ring substituents is 1. The molecule has 2 aromatic rings. The Hall–Kier alpha value is -3.15. The van der Waals surface area contributed by atoms with Crippen molar-refractivity contribution in [1.29, 1.82) is 0 Å². The molecule has 1 fully saturated rings. The van der Waals surface area contributed by atoms with Crippen molar-refractivity contribution in [2.24, 2.45) is 0 Å². The summed E-state index contributed by atoms with van der Waals surface area (Å²) < 4.78 is 0. The molecule has 1 heterocycles. The molecule has 0 atom stereocenters. The maximum atomic E-state index is 12.2. The lowest BCUT2D eigenvalue weighted by atomic mass is 10.2. The highest BCUT2D eigenvalue weighted by atomic mass is 16.6. The molecule has 6 heteroatoms. The van der Waals surface area contributed by atoms with Gasteiger partial charge in [-0.3, -0.25) is 14.9 Å². The van der Waals surface area contributed by atoms with Gasteiger partial charge in [0.25, 0.3) is 5.69 Å². The van der Waals surface area contributed by atoms with Crippen LogP contribution in [0.1, 0.15) is 18.4 Å². The van der Waals surface area contributed by atoms with Crippen molar-refractivity contribution in [3.8, 4) is 0 Å². The first kappa shape index (κ1) is 16.7. The summed E-state index contributed by atoms with van der Waals surface area (Å²) in [4.78, 5) is 24.8. The quantitative estimate of drug-likeness (QED) is 0.511. The molecule has 0 aliphatic carbocycles. The molecule has 0 unspecified atom stereocenters. The summed E-state index contributed by atoms with van der Waals surface area (Å²) in [5.41, 5.74) is 2.41. The summed E-state index contributed by atoms with van der Waals surface area (Å²) in [6, 6.07) is 13.9. The van der Waals surface area contributed by atoms with Gasteiger partial charge in [-0.2, -0.15) is 0 Å². The van der Waals surface area contributed by atoms with Crippen LogP contribution >= 0.6 is 0 Å². The van der Waals surface area contributed by atoms with E-state index in [0.717, 1.165) is 37.3 Å². The van der Waals surface area contributed by atoms with Gasteiger partial charge < -0.3 is 10.2 Å². The number of carbonyl (C=O) groups excluding carboxylic acids is 1. The zero-order chi connectivity index (χ0) is 17.6. The first-order chi connectivity index (χ1) is 12.1. The predicted octanol–water partition coefficient (Wildman–Crippen LogP) is 3.85. The number of nitro groups is 1. The van der Waals surface area contributed by atoms with E-state index in [9.17, 15) is 14.9 Å². The van der Waals surface area contributed by atoms with Crippen molar-refractivity contribution in [3.63, 3.8) is 0 Å². The molecule has 0 aromatic heterocycles. The minimum absolute atomic E-state index is 0.00179. The van der Waals surface area contributed by atoms with Gasteiger partial charge in [0.2, 0.25) is 5.91 Å². The fourth-order valence-corrected chi connectivity index (χ4v) is 2.90. The largest absolute Gasteiger partial charge is 0.370 e. The molecule has 1 amide bonds. The monoisotopic (exact) mass is 337 g/mol. The fourth-order valence-electron chi connectivity index (χ4n) is 2.90. The van der Waals surface area contributed by atoms with Crippen molar-refractivity contribution in [1.82, 2.24) is 0 Å². The van der Waals surface area contributed by atoms with Crippen molar-refractivity contribution in [2.75, 3.05) is 23.3 Å². The van der Waals surface area contributed by atoms with E-state index in [1.54, 1.807) is 18.2 Å². The summed E-state index contributed by atoms with van der Waals surface area (Å²) in [6.45, 7) is 1.99. The standard InChI is InChI=1S/C19H19N3O3/c23-19(11-10-15-6-5-7-16(14-15)22(24)25)20-17-8-1-2-9-18(17)21-12-3-4-13-21/h1-2,5-11,14H,3-4,12-13H2,(H,20,23)/b11-10+. The highest BCUT2D eigenvalue weighted by Crippen LogP contribution is 2.28. The molecular formula is C19H19N3O3. The van der Waals surface area contributed by atoms with Crippen LogP contribution in [0.2, 0.25) is 0 Å². The maximum absolute atomic E-state index is 12.2. The average Bonchev–Trinajstić information content (AvgIpc) is 3.15. The zero-order valence-corrected chi connectivity index (χ0v) is 13.7. The SMILES string of the molecule is O=C(/C=C/c1cccc([N+](=O)[O-])c1)Nc1ccccc1N1CCCC1. The zero-order valence-electron chi connectivity index (χ0n) is 13.7. The first-order valence-corrected chi connectivity index (χ1v) is 8.21. The molecule has 0 saturated carbocycles. The van der Waals surface area contributed by atoms with E-state index in [2.05, 4.69) is 10.2 Å². The highest BCUT2D eigenvalue weighted by Gasteiger charge is 2.15. The maximum Gasteiger partial charge on any atom is 0.270 e. The van der Waals surface area contributed by atoms with Gasteiger partial charge in [-0.15, -0.1) is 0 Å². The Morgan fingerprint density at radius 2 is 1.88 bits per heavy atom. The molecule has 128 valence electrons. The van der Waals surface area contributed by atoms with Crippen LogP contribution in [0.3, 0.4) is 0 Å². The molecule has 1 N–H and O–H groups in total. The number of hydrogen-bond donors (Lipinski definition) is 1. The normalized spacial score (nSPS) is 14.0. The van der Waals surface area contributed by atoms with Crippen LogP contribution in [0.15, 0.2) is 54.6 Å². The second-order valence-corrected chi connectivity index (χ2v) is 5.89. The Morgan fingerprint density at radius 3 is 2.64 bits per heavy atom. The number of non-ortho nitro benzene ring substituents is 1. The lowest BCUT2D eigenvalue weighted by Gasteiger charge is -2.21. The summed E-state index contributed by atoms with van der Waals surface area (Å²) in [5.74, 6) is -0.266. The molecule has 1 aliphatic heterocycles. The lowest BCUT2D eigenvalue weighted by Crippen LogP contribution is -2.20. The second kappa shape index (κ2) is 7.61. The summed E-state index contributed by atoms with van der Waals surface area (Å²) in [5, 5.41) is 13.7. The van der Waals surface area contributed by atoms with Gasteiger partial charge in [0.05, 0.1) is 16.3 Å². The number of carbonyl (C=O) groups is 1. The summed E-state index contributed by atoms with van der Waals surface area (Å²) >= 11 is 0. The van der Waals surface area contributed by atoms with Crippen LogP contribution in [0.25, 0.3) is 6.08 Å². The molecule has 1 saturated heterocycles. The van der Waals surface area contributed by atoms with Gasteiger partial charge in [0, 0.05) is 31.3 Å². The van der Waals surface area contributed by atoms with Crippen molar-refractivity contribution in [3.05, 3.63) is 70.3 Å². The Labute approximate surface area is 145 Å². The number of nitrogens with one attached hydrogen (secondary N) is 1. The van der Waals surface area contributed by atoms with Crippen molar-refractivity contribution < 1.29 is 9.72 Å². The molecule has 0 bridgehead atoms. The minimum Gasteiger partial charge on any atom is -0.370 e. The van der Waals surface area contributed by atoms with E-state index in [1.807, 2.05) is 24.3 Å². The van der Waals surface area contributed by atoms with Gasteiger partial charge >= 0.3 is 0 Å². The Kier molecular flexibility index (Phi) is 5.09. The van der Waals surface area contributed by atoms with Gasteiger partial charge in [0.1, 0.15) is 0 Å². The number of para-hydroxylation sites is 2. The molecule has 1 aliphatic rings. The summed E-state index contributed by atoms with van der Waals surface area (Å²) in [6.07, 6.45) is 5.28. The van der Waals surface area contributed by atoms with E-state index < -0.39 is 4.92 Å². The topological polar surface area (TPSA) is 75.5 Å². The average molecular weight is 337 g/mol. The van der Waals surface area contributed by atoms with E-state index in [0.29, 0.717) is 5.56 Å². The third-order valence-corrected chi connectivity index (χ3v) is 4.12. The predicted molar refractivity (Wildman–Crippen MR) is 98.6 cm³/mol. The molecule has 0 radical (unpaired) electrons. The van der Waals surface area contributed by atoms with Crippen LogP contribution in [0.5, 0.6) is 0 Å². The first-order valence-electron chi connectivity index (χ1n) is 8.21. The minimum atomic E-state index is -0.455.